The van der Waals surface area contributed by atoms with Crippen LogP contribution < -0.4 is 10.9 Å². The lowest BCUT2D eigenvalue weighted by Gasteiger charge is -2.10. The third-order valence-electron chi connectivity index (χ3n) is 3.47. The Morgan fingerprint density at radius 2 is 1.93 bits per heavy atom. The number of rotatable bonds is 4. The number of esters is 1. The van der Waals surface area contributed by atoms with E-state index in [0.717, 1.165) is 4.88 Å². The van der Waals surface area contributed by atoms with Crippen molar-refractivity contribution in [2.45, 2.75) is 6.92 Å². The van der Waals surface area contributed by atoms with Gasteiger partial charge in [0, 0.05) is 12.3 Å². The average molecular weight is 404 g/mol. The summed E-state index contributed by atoms with van der Waals surface area (Å²) in [7, 11) is 0. The van der Waals surface area contributed by atoms with Crippen LogP contribution in [0.1, 0.15) is 17.3 Å². The Bertz CT molecular complexity index is 1030. The summed E-state index contributed by atoms with van der Waals surface area (Å²) in [5, 5.41) is 0.608. The van der Waals surface area contributed by atoms with Gasteiger partial charge in [0.15, 0.2) is 6.61 Å². The van der Waals surface area contributed by atoms with E-state index in [1.54, 1.807) is 30.3 Å². The summed E-state index contributed by atoms with van der Waals surface area (Å²) in [4.78, 5) is 40.3. The number of ether oxygens (including phenoxy) is 1. The third kappa shape index (κ3) is 4.60. The van der Waals surface area contributed by atoms with Gasteiger partial charge in [0.2, 0.25) is 5.91 Å². The number of para-hydroxylation sites is 1. The molecule has 3 rings (SSSR count). The van der Waals surface area contributed by atoms with Crippen LogP contribution >= 0.6 is 22.9 Å². The number of nitrogens with zero attached hydrogens (tertiary/aromatic N) is 1. The van der Waals surface area contributed by atoms with E-state index in [0.29, 0.717) is 20.9 Å². The number of carbonyl (C=O) groups is 3. The van der Waals surface area contributed by atoms with E-state index in [1.807, 2.05) is 12.1 Å². The van der Waals surface area contributed by atoms with Gasteiger partial charge in [0.1, 0.15) is 0 Å². The molecule has 0 aliphatic heterocycles. The average Bonchev–Trinajstić information content (AvgIpc) is 3.09. The van der Waals surface area contributed by atoms with Gasteiger partial charge in [-0.15, -0.1) is 11.3 Å². The van der Waals surface area contributed by atoms with Crippen molar-refractivity contribution in [2.75, 3.05) is 6.61 Å². The topological polar surface area (TPSA) is 97.4 Å². The highest BCUT2D eigenvalue weighted by atomic mass is 35.5. The monoisotopic (exact) mass is 403 g/mol. The zero-order valence-electron chi connectivity index (χ0n) is 14.1. The van der Waals surface area contributed by atoms with E-state index < -0.39 is 24.4 Å². The first-order valence-electron chi connectivity index (χ1n) is 7.82. The van der Waals surface area contributed by atoms with Crippen molar-refractivity contribution >= 4 is 51.6 Å². The molecule has 0 bridgehead atoms. The van der Waals surface area contributed by atoms with Crippen LogP contribution in [0.15, 0.2) is 42.5 Å². The molecule has 0 atom stereocenters. The second-order valence-electron chi connectivity index (χ2n) is 5.48. The van der Waals surface area contributed by atoms with Crippen LogP contribution in [0, 0.1) is 0 Å². The van der Waals surface area contributed by atoms with Crippen molar-refractivity contribution in [3.63, 3.8) is 0 Å². The van der Waals surface area contributed by atoms with Gasteiger partial charge in [-0.05, 0) is 24.3 Å². The summed E-state index contributed by atoms with van der Waals surface area (Å²) in [5.41, 5.74) is 5.73. The van der Waals surface area contributed by atoms with Gasteiger partial charge in [0.05, 0.1) is 26.0 Å². The summed E-state index contributed by atoms with van der Waals surface area (Å²) in [6.07, 6.45) is 0. The van der Waals surface area contributed by atoms with Gasteiger partial charge >= 0.3 is 5.97 Å². The maximum Gasteiger partial charge on any atom is 0.339 e. The lowest BCUT2D eigenvalue weighted by Crippen LogP contribution is -2.42. The Morgan fingerprint density at radius 3 is 2.63 bits per heavy atom. The predicted octanol–water partition coefficient (Wildman–Crippen LogP) is 2.94. The van der Waals surface area contributed by atoms with Crippen molar-refractivity contribution < 1.29 is 19.1 Å². The van der Waals surface area contributed by atoms with Crippen molar-refractivity contribution in [1.29, 1.82) is 0 Å². The lowest BCUT2D eigenvalue weighted by molar-refractivity contribution is -0.129. The van der Waals surface area contributed by atoms with Crippen molar-refractivity contribution in [3.05, 3.63) is 52.4 Å². The molecule has 3 aromatic rings. The number of halogens is 1. The minimum Gasteiger partial charge on any atom is -0.452 e. The molecule has 0 spiro atoms. The number of pyridine rings is 1. The zero-order chi connectivity index (χ0) is 19.4. The van der Waals surface area contributed by atoms with Crippen LogP contribution in [-0.4, -0.2) is 29.4 Å². The minimum atomic E-state index is -0.671. The fraction of sp³-hybridized carbons (Fsp3) is 0.111. The second-order valence-corrected chi connectivity index (χ2v) is 7.20. The molecule has 0 fully saturated rings. The van der Waals surface area contributed by atoms with Gasteiger partial charge in [-0.2, -0.15) is 0 Å². The number of hydrogen-bond donors (Lipinski definition) is 2. The van der Waals surface area contributed by atoms with E-state index in [9.17, 15) is 14.4 Å². The quantitative estimate of drug-likeness (QED) is 0.515. The van der Waals surface area contributed by atoms with Gasteiger partial charge in [-0.3, -0.25) is 20.4 Å². The highest BCUT2D eigenvalue weighted by Gasteiger charge is 2.17. The van der Waals surface area contributed by atoms with E-state index in [-0.39, 0.29) is 5.56 Å². The number of carbonyl (C=O) groups excluding carboxylic acids is 3. The molecule has 7 nitrogen and oxygen atoms in total. The molecule has 27 heavy (non-hydrogen) atoms. The number of benzene rings is 1. The van der Waals surface area contributed by atoms with E-state index in [4.69, 9.17) is 16.3 Å². The van der Waals surface area contributed by atoms with Crippen LogP contribution in [0.5, 0.6) is 0 Å². The number of thiophene rings is 1. The standard InChI is InChI=1S/C18H14ClN3O4S/c1-10(23)21-22-17(24)9-26-18(25)12-8-14(15-6-7-16(19)27-15)20-13-5-3-2-4-11(12)13/h2-8H,9H2,1H3,(H,21,23)(H,22,24). The van der Waals surface area contributed by atoms with Crippen molar-refractivity contribution in [2.24, 2.45) is 0 Å². The molecule has 9 heteroatoms. The Labute approximate surface area is 163 Å². The first-order chi connectivity index (χ1) is 12.9. The van der Waals surface area contributed by atoms with Crippen molar-refractivity contribution in [1.82, 2.24) is 15.8 Å². The van der Waals surface area contributed by atoms with Gasteiger partial charge in [-0.1, -0.05) is 29.8 Å². The Balaban J connectivity index is 1.87. The first-order valence-corrected chi connectivity index (χ1v) is 9.01. The molecule has 0 aliphatic rings. The molecule has 2 heterocycles. The Morgan fingerprint density at radius 1 is 1.15 bits per heavy atom. The summed E-state index contributed by atoms with van der Waals surface area (Å²) in [6.45, 7) is 0.712. The van der Waals surface area contributed by atoms with Crippen LogP contribution in [0.2, 0.25) is 4.34 Å². The van der Waals surface area contributed by atoms with E-state index in [1.165, 1.54) is 18.3 Å². The SMILES string of the molecule is CC(=O)NNC(=O)COC(=O)c1cc(-c2ccc(Cl)s2)nc2ccccc12. The largest absolute Gasteiger partial charge is 0.452 e. The molecule has 0 saturated heterocycles. The van der Waals surface area contributed by atoms with Crippen LogP contribution in [0.25, 0.3) is 21.5 Å². The Kier molecular flexibility index (Phi) is 5.68. The second kappa shape index (κ2) is 8.15. The van der Waals surface area contributed by atoms with Crippen LogP contribution in [0.4, 0.5) is 0 Å². The summed E-state index contributed by atoms with van der Waals surface area (Å²) in [5.74, 6) is -1.76. The molecule has 0 unspecified atom stereocenters. The third-order valence-corrected chi connectivity index (χ3v) is 4.73. The number of nitrogens with one attached hydrogen (secondary N) is 2. The number of fused-ring (bicyclic) bond motifs is 1. The number of aromatic nitrogens is 1. The van der Waals surface area contributed by atoms with Crippen molar-refractivity contribution in [3.8, 4) is 10.6 Å². The molecule has 2 amide bonds. The highest BCUT2D eigenvalue weighted by molar-refractivity contribution is 7.19. The van der Waals surface area contributed by atoms with Gasteiger partial charge in [-0.25, -0.2) is 9.78 Å². The lowest BCUT2D eigenvalue weighted by atomic mass is 10.1. The maximum atomic E-state index is 12.5. The normalized spacial score (nSPS) is 10.4. The summed E-state index contributed by atoms with van der Waals surface area (Å²) in [6, 6.07) is 12.3. The van der Waals surface area contributed by atoms with Crippen LogP contribution in [-0.2, 0) is 14.3 Å². The summed E-state index contributed by atoms with van der Waals surface area (Å²) < 4.78 is 5.68. The highest BCUT2D eigenvalue weighted by Crippen LogP contribution is 2.32. The van der Waals surface area contributed by atoms with Gasteiger partial charge in [0.25, 0.3) is 5.91 Å². The first kappa shape index (κ1) is 18.8. The smallest absolute Gasteiger partial charge is 0.339 e. The van der Waals surface area contributed by atoms with Crippen LogP contribution in [0.3, 0.4) is 0 Å². The number of hydrogen-bond acceptors (Lipinski definition) is 6. The molecule has 138 valence electrons. The maximum absolute atomic E-state index is 12.5. The molecule has 2 N–H and O–H groups in total. The molecule has 1 aromatic carbocycles. The fourth-order valence-electron chi connectivity index (χ4n) is 2.33. The molecular formula is C18H14ClN3O4S. The molecule has 2 aromatic heterocycles. The molecule has 0 aliphatic carbocycles. The molecule has 0 radical (unpaired) electrons. The number of hydrazine groups is 1. The molecular weight excluding hydrogens is 390 g/mol. The minimum absolute atomic E-state index is 0.285. The summed E-state index contributed by atoms with van der Waals surface area (Å²) >= 11 is 7.34. The number of amides is 2. The van der Waals surface area contributed by atoms with E-state index in [2.05, 4.69) is 15.8 Å². The van der Waals surface area contributed by atoms with E-state index >= 15 is 0 Å². The Hall–Kier alpha value is -2.97. The fourth-order valence-corrected chi connectivity index (χ4v) is 3.33. The molecule has 0 saturated carbocycles. The predicted molar refractivity (Wildman–Crippen MR) is 102 cm³/mol. The van der Waals surface area contributed by atoms with Gasteiger partial charge < -0.3 is 4.74 Å². The zero-order valence-corrected chi connectivity index (χ0v) is 15.7.